The zero-order valence-electron chi connectivity index (χ0n) is 18.6. The van der Waals surface area contributed by atoms with Gasteiger partial charge in [-0.25, -0.2) is 5.06 Å². The first-order valence-corrected chi connectivity index (χ1v) is 11.0. The smallest absolute Gasteiger partial charge is 0.0720 e. The lowest BCUT2D eigenvalue weighted by atomic mass is 9.65. The summed E-state index contributed by atoms with van der Waals surface area (Å²) in [6.07, 6.45) is 5.87. The Hall–Kier alpha value is -1.80. The van der Waals surface area contributed by atoms with Gasteiger partial charge in [0.1, 0.15) is 0 Å². The van der Waals surface area contributed by atoms with Crippen LogP contribution in [0.1, 0.15) is 87.5 Å². The van der Waals surface area contributed by atoms with Crippen molar-refractivity contribution in [2.45, 2.75) is 84.1 Å². The molecule has 1 aliphatic heterocycles. The minimum atomic E-state index is -0.0764. The second-order valence-electron chi connectivity index (χ2n) is 8.72. The van der Waals surface area contributed by atoms with E-state index in [9.17, 15) is 0 Å². The lowest BCUT2D eigenvalue weighted by Gasteiger charge is -2.53. The van der Waals surface area contributed by atoms with Gasteiger partial charge >= 0.3 is 0 Å². The van der Waals surface area contributed by atoms with Crippen molar-refractivity contribution in [3.05, 3.63) is 64.7 Å². The Labute approximate surface area is 171 Å². The summed E-state index contributed by atoms with van der Waals surface area (Å²) in [4.78, 5) is 6.12. The van der Waals surface area contributed by atoms with Gasteiger partial charge in [0.05, 0.1) is 18.3 Å². The standard InChI is InChI=1S/C26H37NO/c1-7-9-13-21-17-19(3)25-23(18-21)20(4)24(22-14-11-10-12-15-22)26(5,16-8-2)27(25)28-6/h10-12,14-15,17-18,20,24H,7-9,13,16H2,1-6H3/t20?,24?,26-/m0/s1. The number of hydrogen-bond acceptors (Lipinski definition) is 2. The molecule has 2 heteroatoms. The second kappa shape index (κ2) is 8.69. The molecule has 0 amide bonds. The maximum atomic E-state index is 6.12. The molecule has 0 radical (unpaired) electrons. The van der Waals surface area contributed by atoms with Crippen molar-refractivity contribution in [3.8, 4) is 0 Å². The zero-order chi connectivity index (χ0) is 20.3. The lowest BCUT2D eigenvalue weighted by Crippen LogP contribution is -2.55. The summed E-state index contributed by atoms with van der Waals surface area (Å²) < 4.78 is 0. The molecule has 0 aromatic heterocycles. The average molecular weight is 380 g/mol. The minimum Gasteiger partial charge on any atom is -0.276 e. The number of nitrogens with zero attached hydrogens (tertiary/aromatic N) is 1. The summed E-state index contributed by atoms with van der Waals surface area (Å²) >= 11 is 0. The molecule has 152 valence electrons. The van der Waals surface area contributed by atoms with Gasteiger partial charge in [0, 0.05) is 5.92 Å². The van der Waals surface area contributed by atoms with Crippen LogP contribution in [0, 0.1) is 6.92 Å². The van der Waals surface area contributed by atoms with Crippen LogP contribution in [-0.4, -0.2) is 12.6 Å². The number of benzene rings is 2. The SMILES string of the molecule is CCCCc1cc(C)c2c(c1)C(C)C(c1ccccc1)[C@](C)(CCC)N2OC. The molecule has 0 aliphatic carbocycles. The highest BCUT2D eigenvalue weighted by molar-refractivity contribution is 5.66. The highest BCUT2D eigenvalue weighted by Crippen LogP contribution is 2.54. The molecule has 0 fully saturated rings. The van der Waals surface area contributed by atoms with Crippen LogP contribution in [0.2, 0.25) is 0 Å². The first-order chi connectivity index (χ1) is 13.5. The molecular weight excluding hydrogens is 342 g/mol. The van der Waals surface area contributed by atoms with E-state index in [2.05, 4.69) is 82.1 Å². The van der Waals surface area contributed by atoms with Gasteiger partial charge in [0.15, 0.2) is 0 Å². The van der Waals surface area contributed by atoms with Crippen LogP contribution in [0.25, 0.3) is 0 Å². The zero-order valence-corrected chi connectivity index (χ0v) is 18.6. The summed E-state index contributed by atoms with van der Waals surface area (Å²) in [6, 6.07) is 15.9. The molecule has 2 aromatic rings. The summed E-state index contributed by atoms with van der Waals surface area (Å²) in [5.74, 6) is 0.836. The van der Waals surface area contributed by atoms with Crippen LogP contribution in [0.5, 0.6) is 0 Å². The Balaban J connectivity index is 2.20. The van der Waals surface area contributed by atoms with E-state index in [-0.39, 0.29) is 5.54 Å². The van der Waals surface area contributed by atoms with Crippen LogP contribution in [0.15, 0.2) is 42.5 Å². The molecule has 3 rings (SSSR count). The number of anilines is 1. The number of hydroxylamine groups is 1. The normalized spacial score (nSPS) is 24.3. The van der Waals surface area contributed by atoms with Gasteiger partial charge in [0.25, 0.3) is 0 Å². The van der Waals surface area contributed by atoms with Crippen molar-refractivity contribution in [3.63, 3.8) is 0 Å². The molecule has 1 aliphatic rings. The van der Waals surface area contributed by atoms with Crippen molar-refractivity contribution in [2.75, 3.05) is 12.2 Å². The predicted molar refractivity (Wildman–Crippen MR) is 120 cm³/mol. The number of hydrogen-bond donors (Lipinski definition) is 0. The molecule has 0 saturated carbocycles. The van der Waals surface area contributed by atoms with Gasteiger partial charge in [-0.15, -0.1) is 0 Å². The van der Waals surface area contributed by atoms with Crippen LogP contribution >= 0.6 is 0 Å². The maximum Gasteiger partial charge on any atom is 0.0720 e. The van der Waals surface area contributed by atoms with Gasteiger partial charge in [-0.3, -0.25) is 4.84 Å². The van der Waals surface area contributed by atoms with Crippen molar-refractivity contribution < 1.29 is 4.84 Å². The summed E-state index contributed by atoms with van der Waals surface area (Å²) in [6.45, 7) is 11.6. The quantitative estimate of drug-likeness (QED) is 0.506. The second-order valence-corrected chi connectivity index (χ2v) is 8.72. The molecular formula is C26H37NO. The van der Waals surface area contributed by atoms with E-state index in [1.54, 1.807) is 0 Å². The molecule has 2 nitrogen and oxygen atoms in total. The third-order valence-corrected chi connectivity index (χ3v) is 6.63. The maximum absolute atomic E-state index is 6.12. The van der Waals surface area contributed by atoms with Crippen molar-refractivity contribution in [2.24, 2.45) is 0 Å². The fraction of sp³-hybridized carbons (Fsp3) is 0.538. The number of unbranched alkanes of at least 4 members (excludes halogenated alkanes) is 1. The fourth-order valence-corrected chi connectivity index (χ4v) is 5.50. The summed E-state index contributed by atoms with van der Waals surface area (Å²) in [7, 11) is 1.83. The summed E-state index contributed by atoms with van der Waals surface area (Å²) in [5.41, 5.74) is 6.87. The monoisotopic (exact) mass is 379 g/mol. The molecule has 0 bridgehead atoms. The van der Waals surface area contributed by atoms with E-state index in [1.807, 2.05) is 7.11 Å². The third kappa shape index (κ3) is 3.59. The highest BCUT2D eigenvalue weighted by atomic mass is 16.7. The van der Waals surface area contributed by atoms with Crippen molar-refractivity contribution in [1.82, 2.24) is 0 Å². The van der Waals surface area contributed by atoms with Crippen molar-refractivity contribution >= 4 is 5.69 Å². The van der Waals surface area contributed by atoms with E-state index in [0.29, 0.717) is 11.8 Å². The van der Waals surface area contributed by atoms with Gasteiger partial charge in [-0.2, -0.15) is 0 Å². The first-order valence-electron chi connectivity index (χ1n) is 11.0. The van der Waals surface area contributed by atoms with E-state index < -0.39 is 0 Å². The Bertz CT molecular complexity index is 785. The molecule has 0 spiro atoms. The molecule has 2 unspecified atom stereocenters. The molecule has 28 heavy (non-hydrogen) atoms. The lowest BCUT2D eigenvalue weighted by molar-refractivity contribution is 0.0646. The van der Waals surface area contributed by atoms with Gasteiger partial charge in [-0.1, -0.05) is 76.1 Å². The molecule has 2 aromatic carbocycles. The van der Waals surface area contributed by atoms with E-state index in [0.717, 1.165) is 19.3 Å². The molecule has 1 heterocycles. The molecule has 0 N–H and O–H groups in total. The third-order valence-electron chi connectivity index (χ3n) is 6.63. The highest BCUT2D eigenvalue weighted by Gasteiger charge is 2.49. The predicted octanol–water partition coefficient (Wildman–Crippen LogP) is 7.17. The van der Waals surface area contributed by atoms with Crippen LogP contribution in [-0.2, 0) is 11.3 Å². The Morgan fingerprint density at radius 3 is 2.39 bits per heavy atom. The first kappa shape index (κ1) is 20.9. The number of aryl methyl sites for hydroxylation is 2. The van der Waals surface area contributed by atoms with Crippen LogP contribution in [0.4, 0.5) is 5.69 Å². The number of rotatable bonds is 7. The van der Waals surface area contributed by atoms with E-state index in [1.165, 1.54) is 40.8 Å². The van der Waals surface area contributed by atoms with Gasteiger partial charge < -0.3 is 0 Å². The number of fused-ring (bicyclic) bond motifs is 1. The Morgan fingerprint density at radius 2 is 1.79 bits per heavy atom. The Kier molecular flexibility index (Phi) is 6.50. The van der Waals surface area contributed by atoms with Crippen molar-refractivity contribution in [1.29, 1.82) is 0 Å². The van der Waals surface area contributed by atoms with E-state index in [4.69, 9.17) is 4.84 Å². The van der Waals surface area contributed by atoms with Gasteiger partial charge in [0.2, 0.25) is 0 Å². The average Bonchev–Trinajstić information content (AvgIpc) is 2.68. The topological polar surface area (TPSA) is 12.5 Å². The van der Waals surface area contributed by atoms with Crippen LogP contribution in [0.3, 0.4) is 0 Å². The van der Waals surface area contributed by atoms with Gasteiger partial charge in [-0.05, 0) is 61.3 Å². The van der Waals surface area contributed by atoms with Crippen LogP contribution < -0.4 is 5.06 Å². The summed E-state index contributed by atoms with van der Waals surface area (Å²) in [5, 5.41) is 2.24. The molecule has 3 atom stereocenters. The Morgan fingerprint density at radius 1 is 1.07 bits per heavy atom. The minimum absolute atomic E-state index is 0.0764. The molecule has 0 saturated heterocycles. The largest absolute Gasteiger partial charge is 0.276 e. The van der Waals surface area contributed by atoms with E-state index >= 15 is 0 Å². The fourth-order valence-electron chi connectivity index (χ4n) is 5.50.